The zero-order valence-electron chi connectivity index (χ0n) is 16.1. The molecule has 7 heteroatoms. The molecule has 3 rings (SSSR count). The fraction of sp³-hybridized carbons (Fsp3) is 0.238. The monoisotopic (exact) mass is 383 g/mol. The molecule has 1 amide bonds. The molecule has 1 fully saturated rings. The Kier molecular flexibility index (Phi) is 5.26. The van der Waals surface area contributed by atoms with Crippen LogP contribution in [0, 0.1) is 0 Å². The number of hydrogen-bond acceptors (Lipinski definition) is 6. The zero-order chi connectivity index (χ0) is 20.4. The summed E-state index contributed by atoms with van der Waals surface area (Å²) in [4.78, 5) is 26.3. The van der Waals surface area contributed by atoms with Crippen molar-refractivity contribution in [3.05, 3.63) is 59.2 Å². The van der Waals surface area contributed by atoms with E-state index in [1.54, 1.807) is 42.5 Å². The van der Waals surface area contributed by atoms with Crippen molar-refractivity contribution in [1.29, 1.82) is 0 Å². The van der Waals surface area contributed by atoms with Crippen LogP contribution in [0.15, 0.2) is 48.0 Å². The highest BCUT2D eigenvalue weighted by atomic mass is 16.5. The molecule has 0 spiro atoms. The molecule has 28 heavy (non-hydrogen) atoms. The minimum Gasteiger partial charge on any atom is -0.507 e. The minimum absolute atomic E-state index is 0.0184. The first kappa shape index (κ1) is 19.3. The highest BCUT2D eigenvalue weighted by Crippen LogP contribution is 2.41. The summed E-state index contributed by atoms with van der Waals surface area (Å²) in [6, 6.07) is 11.0. The van der Waals surface area contributed by atoms with Gasteiger partial charge in [0.25, 0.3) is 11.7 Å². The largest absolute Gasteiger partial charge is 0.507 e. The molecule has 1 atom stereocenters. The van der Waals surface area contributed by atoms with Gasteiger partial charge in [-0.15, -0.1) is 0 Å². The quantitative estimate of drug-likeness (QED) is 0.485. The number of amides is 1. The lowest BCUT2D eigenvalue weighted by Gasteiger charge is -2.22. The second-order valence-electron chi connectivity index (χ2n) is 6.25. The number of carbonyl (C=O) groups is 2. The summed E-state index contributed by atoms with van der Waals surface area (Å²) >= 11 is 0. The molecule has 146 valence electrons. The van der Waals surface area contributed by atoms with Crippen LogP contribution in [0.3, 0.4) is 0 Å². The van der Waals surface area contributed by atoms with Gasteiger partial charge in [-0.1, -0.05) is 6.07 Å². The molecule has 2 aromatic carbocycles. The topological polar surface area (TPSA) is 85.3 Å². The maximum atomic E-state index is 12.6. The lowest BCUT2D eigenvalue weighted by atomic mass is 9.95. The van der Waals surface area contributed by atoms with E-state index in [1.165, 1.54) is 33.3 Å². The Morgan fingerprint density at radius 3 is 2.14 bits per heavy atom. The first-order valence-corrected chi connectivity index (χ1v) is 8.53. The summed E-state index contributed by atoms with van der Waals surface area (Å²) in [7, 11) is 6.08. The Morgan fingerprint density at radius 1 is 0.929 bits per heavy atom. The third-order valence-electron chi connectivity index (χ3n) is 4.76. The lowest BCUT2D eigenvalue weighted by molar-refractivity contribution is -0.139. The normalized spacial score (nSPS) is 18.3. The number of methoxy groups -OCH3 is 3. The summed E-state index contributed by atoms with van der Waals surface area (Å²) in [5.74, 6) is -0.0718. The Balaban J connectivity index is 2.14. The number of likely N-dealkylation sites (tertiary alicyclic amines) is 1. The van der Waals surface area contributed by atoms with Crippen molar-refractivity contribution in [3.8, 4) is 17.2 Å². The number of rotatable bonds is 5. The number of ether oxygens (including phenoxy) is 3. The number of Topliss-reactive ketones (excluding diaryl/α,β-unsaturated/α-hetero) is 1. The Morgan fingerprint density at radius 2 is 1.57 bits per heavy atom. The Labute approximate surface area is 162 Å². The smallest absolute Gasteiger partial charge is 0.295 e. The number of benzene rings is 2. The van der Waals surface area contributed by atoms with Gasteiger partial charge in [-0.25, -0.2) is 0 Å². The van der Waals surface area contributed by atoms with Crippen LogP contribution in [0.1, 0.15) is 17.2 Å². The van der Waals surface area contributed by atoms with Gasteiger partial charge in [0.05, 0.1) is 32.9 Å². The molecule has 0 radical (unpaired) electrons. The van der Waals surface area contributed by atoms with E-state index in [4.69, 9.17) is 14.2 Å². The fourth-order valence-corrected chi connectivity index (χ4v) is 3.27. The molecule has 2 aromatic rings. The highest BCUT2D eigenvalue weighted by molar-refractivity contribution is 6.46. The van der Waals surface area contributed by atoms with Crippen LogP contribution < -0.4 is 14.2 Å². The van der Waals surface area contributed by atoms with Crippen LogP contribution in [0.4, 0.5) is 0 Å². The molecule has 0 unspecified atom stereocenters. The van der Waals surface area contributed by atoms with Crippen molar-refractivity contribution >= 4 is 17.4 Å². The zero-order valence-corrected chi connectivity index (χ0v) is 16.1. The van der Waals surface area contributed by atoms with Crippen LogP contribution in [0.25, 0.3) is 5.76 Å². The van der Waals surface area contributed by atoms with Crippen LogP contribution in [0.5, 0.6) is 17.2 Å². The number of likely N-dealkylation sites (N-methyl/N-ethyl adjacent to an activating group) is 1. The van der Waals surface area contributed by atoms with E-state index in [0.29, 0.717) is 28.4 Å². The van der Waals surface area contributed by atoms with Crippen molar-refractivity contribution in [2.24, 2.45) is 0 Å². The molecular weight excluding hydrogens is 362 g/mol. The van der Waals surface area contributed by atoms with Gasteiger partial charge in [0.15, 0.2) is 11.5 Å². The van der Waals surface area contributed by atoms with Gasteiger partial charge in [0, 0.05) is 12.6 Å². The van der Waals surface area contributed by atoms with Crippen molar-refractivity contribution in [2.75, 3.05) is 28.4 Å². The van der Waals surface area contributed by atoms with Crippen molar-refractivity contribution in [2.45, 2.75) is 6.04 Å². The number of nitrogens with zero attached hydrogens (tertiary/aromatic N) is 1. The summed E-state index contributed by atoms with van der Waals surface area (Å²) in [6.45, 7) is 0. The van der Waals surface area contributed by atoms with Gasteiger partial charge < -0.3 is 24.2 Å². The third-order valence-corrected chi connectivity index (χ3v) is 4.76. The predicted octanol–water partition coefficient (Wildman–Crippen LogP) is 2.76. The van der Waals surface area contributed by atoms with Crippen LogP contribution in [-0.4, -0.2) is 50.1 Å². The Hall–Kier alpha value is -3.48. The summed E-state index contributed by atoms with van der Waals surface area (Å²) in [6.07, 6.45) is 0. The third kappa shape index (κ3) is 3.15. The van der Waals surface area contributed by atoms with E-state index in [2.05, 4.69) is 0 Å². The van der Waals surface area contributed by atoms with Gasteiger partial charge >= 0.3 is 0 Å². The predicted molar refractivity (Wildman–Crippen MR) is 103 cm³/mol. The number of ketones is 1. The average molecular weight is 383 g/mol. The molecule has 7 nitrogen and oxygen atoms in total. The van der Waals surface area contributed by atoms with E-state index in [-0.39, 0.29) is 11.3 Å². The molecule has 1 aliphatic heterocycles. The lowest BCUT2D eigenvalue weighted by Crippen LogP contribution is -2.24. The van der Waals surface area contributed by atoms with Gasteiger partial charge in [-0.05, 0) is 42.0 Å². The maximum absolute atomic E-state index is 12.6. The number of hydrogen-bond donors (Lipinski definition) is 1. The second-order valence-corrected chi connectivity index (χ2v) is 6.25. The van der Waals surface area contributed by atoms with Crippen molar-refractivity contribution in [1.82, 2.24) is 4.90 Å². The van der Waals surface area contributed by atoms with Crippen molar-refractivity contribution < 1.29 is 28.9 Å². The van der Waals surface area contributed by atoms with Gasteiger partial charge in [0.2, 0.25) is 0 Å². The SMILES string of the molecule is COc1ccc(/C(O)=C2\C(=O)C(=O)N(C)[C@H]2c2ccc(OC)c(OC)c2)cc1. The van der Waals surface area contributed by atoms with E-state index >= 15 is 0 Å². The summed E-state index contributed by atoms with van der Waals surface area (Å²) < 4.78 is 15.7. The highest BCUT2D eigenvalue weighted by Gasteiger charge is 2.44. The maximum Gasteiger partial charge on any atom is 0.295 e. The van der Waals surface area contributed by atoms with Crippen molar-refractivity contribution in [3.63, 3.8) is 0 Å². The summed E-state index contributed by atoms with van der Waals surface area (Å²) in [5, 5.41) is 10.8. The molecule has 1 aliphatic rings. The van der Waals surface area contributed by atoms with Gasteiger partial charge in [-0.3, -0.25) is 9.59 Å². The van der Waals surface area contributed by atoms with E-state index in [9.17, 15) is 14.7 Å². The molecule has 0 bridgehead atoms. The standard InChI is InChI=1S/C21H21NO6/c1-22-18(13-7-10-15(27-3)16(11-13)28-4)17(20(24)21(22)25)19(23)12-5-8-14(26-2)9-6-12/h5-11,18,23H,1-4H3/b19-17+/t18-/m0/s1. The molecule has 0 saturated carbocycles. The molecule has 1 heterocycles. The van der Waals surface area contributed by atoms with E-state index < -0.39 is 17.7 Å². The minimum atomic E-state index is -0.748. The first-order valence-electron chi connectivity index (χ1n) is 8.53. The fourth-order valence-electron chi connectivity index (χ4n) is 3.27. The molecule has 1 saturated heterocycles. The van der Waals surface area contributed by atoms with Crippen LogP contribution in [0.2, 0.25) is 0 Å². The number of carbonyl (C=O) groups excluding carboxylic acids is 2. The first-order chi connectivity index (χ1) is 13.4. The van der Waals surface area contributed by atoms with Gasteiger partial charge in [0.1, 0.15) is 11.5 Å². The van der Waals surface area contributed by atoms with Crippen LogP contribution >= 0.6 is 0 Å². The second kappa shape index (κ2) is 7.64. The molecule has 0 aromatic heterocycles. The summed E-state index contributed by atoms with van der Waals surface area (Å²) in [5.41, 5.74) is 1.05. The van der Waals surface area contributed by atoms with Gasteiger partial charge in [-0.2, -0.15) is 0 Å². The average Bonchev–Trinajstić information content (AvgIpc) is 2.96. The Bertz CT molecular complexity index is 948. The van der Waals surface area contributed by atoms with E-state index in [1.807, 2.05) is 0 Å². The molecule has 1 N–H and O–H groups in total. The molecule has 0 aliphatic carbocycles. The number of aliphatic hydroxyl groups excluding tert-OH is 1. The van der Waals surface area contributed by atoms with Crippen LogP contribution in [-0.2, 0) is 9.59 Å². The number of aliphatic hydroxyl groups is 1. The van der Waals surface area contributed by atoms with E-state index in [0.717, 1.165) is 0 Å². The molecular formula is C21H21NO6.